The van der Waals surface area contributed by atoms with Crippen LogP contribution in [0.15, 0.2) is 59.5 Å². The second-order valence-corrected chi connectivity index (χ2v) is 9.69. The van der Waals surface area contributed by atoms with Gasteiger partial charge in [-0.2, -0.15) is 0 Å². The Morgan fingerprint density at radius 3 is 2.32 bits per heavy atom. The maximum Gasteiger partial charge on any atom is 0.340 e. The molecule has 162 valence electrons. The van der Waals surface area contributed by atoms with E-state index in [1.54, 1.807) is 6.07 Å². The van der Waals surface area contributed by atoms with E-state index >= 15 is 0 Å². The van der Waals surface area contributed by atoms with E-state index in [9.17, 15) is 18.0 Å². The van der Waals surface area contributed by atoms with Gasteiger partial charge in [0.2, 0.25) is 5.78 Å². The summed E-state index contributed by atoms with van der Waals surface area (Å²) in [4.78, 5) is 25.1. The van der Waals surface area contributed by atoms with Crippen molar-refractivity contribution in [3.8, 4) is 0 Å². The zero-order valence-corrected chi connectivity index (χ0v) is 19.0. The van der Waals surface area contributed by atoms with Gasteiger partial charge in [-0.05, 0) is 43.7 Å². The average molecular weight is 460 g/mol. The quantitative estimate of drug-likeness (QED) is 0.389. The molecule has 31 heavy (non-hydrogen) atoms. The number of ketones is 1. The average Bonchev–Trinajstić information content (AvgIpc) is 3.00. The largest absolute Gasteiger partial charge is 0.454 e. The molecular weight excluding hydrogens is 438 g/mol. The third-order valence-corrected chi connectivity index (χ3v) is 6.42. The van der Waals surface area contributed by atoms with Crippen molar-refractivity contribution in [3.05, 3.63) is 87.7 Å². The maximum atomic E-state index is 12.7. The Labute approximate surface area is 186 Å². The van der Waals surface area contributed by atoms with Gasteiger partial charge in [-0.1, -0.05) is 41.9 Å². The lowest BCUT2D eigenvalue weighted by Gasteiger charge is -2.10. The Balaban J connectivity index is 1.74. The molecule has 0 bridgehead atoms. The van der Waals surface area contributed by atoms with Gasteiger partial charge in [-0.3, -0.25) is 4.79 Å². The van der Waals surface area contributed by atoms with Crippen LogP contribution >= 0.6 is 11.6 Å². The molecule has 1 aromatic heterocycles. The highest BCUT2D eigenvalue weighted by Crippen LogP contribution is 2.22. The summed E-state index contributed by atoms with van der Waals surface area (Å²) in [7, 11) is -3.52. The number of hydrogen-bond acceptors (Lipinski definition) is 5. The van der Waals surface area contributed by atoms with Crippen molar-refractivity contribution < 1.29 is 22.7 Å². The monoisotopic (exact) mass is 459 g/mol. The number of aromatic nitrogens is 1. The Kier molecular flexibility index (Phi) is 6.67. The number of carbonyl (C=O) groups is 2. The third kappa shape index (κ3) is 5.24. The van der Waals surface area contributed by atoms with E-state index in [4.69, 9.17) is 16.3 Å². The minimum absolute atomic E-state index is 0.0471. The number of Topliss-reactive ketones (excluding diaryl/α,β-unsaturated/α-hetero) is 1. The fourth-order valence-corrected chi connectivity index (χ4v) is 4.11. The van der Waals surface area contributed by atoms with Crippen molar-refractivity contribution in [3.63, 3.8) is 0 Å². The molecule has 0 spiro atoms. The van der Waals surface area contributed by atoms with E-state index in [1.807, 2.05) is 48.7 Å². The number of halogens is 1. The minimum Gasteiger partial charge on any atom is -0.454 e. The van der Waals surface area contributed by atoms with Crippen LogP contribution in [0, 0.1) is 13.8 Å². The van der Waals surface area contributed by atoms with Crippen molar-refractivity contribution in [2.45, 2.75) is 25.3 Å². The van der Waals surface area contributed by atoms with Crippen molar-refractivity contribution in [2.75, 3.05) is 12.9 Å². The highest BCUT2D eigenvalue weighted by molar-refractivity contribution is 7.90. The van der Waals surface area contributed by atoms with Crippen LogP contribution in [0.4, 0.5) is 0 Å². The SMILES string of the molecule is Cc1cc(C(=O)COC(=O)c2cc(S(C)(=O)=O)ccc2Cl)c(C)n1Cc1ccccc1. The predicted octanol–water partition coefficient (Wildman–Crippen LogP) is 4.25. The number of benzene rings is 2. The highest BCUT2D eigenvalue weighted by Gasteiger charge is 2.20. The summed E-state index contributed by atoms with van der Waals surface area (Å²) in [5.41, 5.74) is 3.17. The predicted molar refractivity (Wildman–Crippen MR) is 119 cm³/mol. The Morgan fingerprint density at radius 2 is 1.68 bits per heavy atom. The van der Waals surface area contributed by atoms with E-state index in [0.29, 0.717) is 12.1 Å². The summed E-state index contributed by atoms with van der Waals surface area (Å²) in [5, 5.41) is 0.0471. The molecule has 0 aliphatic rings. The molecule has 8 heteroatoms. The Hall–Kier alpha value is -2.90. The van der Waals surface area contributed by atoms with Crippen molar-refractivity contribution >= 4 is 33.2 Å². The minimum atomic E-state index is -3.52. The van der Waals surface area contributed by atoms with Crippen LogP contribution in [0.5, 0.6) is 0 Å². The van der Waals surface area contributed by atoms with Gasteiger partial charge in [-0.25, -0.2) is 13.2 Å². The molecule has 0 atom stereocenters. The molecule has 3 rings (SSSR count). The number of ether oxygens (including phenoxy) is 1. The molecule has 1 heterocycles. The van der Waals surface area contributed by atoms with Crippen LogP contribution < -0.4 is 0 Å². The van der Waals surface area contributed by atoms with Crippen molar-refractivity contribution in [1.82, 2.24) is 4.57 Å². The van der Waals surface area contributed by atoms with Crippen LogP contribution in [0.1, 0.15) is 37.7 Å². The van der Waals surface area contributed by atoms with Crippen LogP contribution in [0.3, 0.4) is 0 Å². The smallest absolute Gasteiger partial charge is 0.340 e. The molecular formula is C23H22ClNO5S. The highest BCUT2D eigenvalue weighted by atomic mass is 35.5. The second-order valence-electron chi connectivity index (χ2n) is 7.27. The first-order valence-electron chi connectivity index (χ1n) is 9.48. The molecule has 2 aromatic carbocycles. The van der Waals surface area contributed by atoms with Gasteiger partial charge in [0.05, 0.1) is 15.5 Å². The first-order chi connectivity index (χ1) is 14.6. The molecule has 3 aromatic rings. The van der Waals surface area contributed by atoms with Gasteiger partial charge in [0.1, 0.15) is 0 Å². The Morgan fingerprint density at radius 1 is 1.00 bits per heavy atom. The van der Waals surface area contributed by atoms with Crippen LogP contribution in [0.25, 0.3) is 0 Å². The number of carbonyl (C=O) groups excluding carboxylic acids is 2. The molecule has 0 aliphatic heterocycles. The summed E-state index contributed by atoms with van der Waals surface area (Å²) in [5.74, 6) is -1.21. The molecule has 0 amide bonds. The zero-order valence-electron chi connectivity index (χ0n) is 17.4. The lowest BCUT2D eigenvalue weighted by molar-refractivity contribution is 0.0474. The summed E-state index contributed by atoms with van der Waals surface area (Å²) >= 11 is 6.02. The second kappa shape index (κ2) is 9.08. The molecule has 6 nitrogen and oxygen atoms in total. The number of hydrogen-bond donors (Lipinski definition) is 0. The van der Waals surface area contributed by atoms with E-state index < -0.39 is 22.4 Å². The van der Waals surface area contributed by atoms with Gasteiger partial charge in [-0.15, -0.1) is 0 Å². The molecule has 0 unspecified atom stereocenters. The normalized spacial score (nSPS) is 11.4. The lowest BCUT2D eigenvalue weighted by Crippen LogP contribution is -2.16. The third-order valence-electron chi connectivity index (χ3n) is 4.98. The summed E-state index contributed by atoms with van der Waals surface area (Å²) in [6.07, 6.45) is 1.03. The van der Waals surface area contributed by atoms with Gasteiger partial charge >= 0.3 is 5.97 Å². The molecule has 0 aliphatic carbocycles. The molecule has 0 radical (unpaired) electrons. The zero-order chi connectivity index (χ0) is 22.8. The Bertz CT molecular complexity index is 1250. The first kappa shape index (κ1) is 22.8. The number of sulfone groups is 1. The van der Waals surface area contributed by atoms with Gasteiger partial charge in [0, 0.05) is 29.8 Å². The fraction of sp³-hybridized carbons (Fsp3) is 0.217. The summed E-state index contributed by atoms with van der Waals surface area (Å²) < 4.78 is 30.6. The summed E-state index contributed by atoms with van der Waals surface area (Å²) in [6.45, 7) is 3.90. The number of esters is 1. The molecule has 0 N–H and O–H groups in total. The number of rotatable bonds is 7. The standard InChI is InChI=1S/C23H22ClNO5S/c1-15-11-19(16(2)25(15)13-17-7-5-4-6-8-17)22(26)14-30-23(27)20-12-18(31(3,28)29)9-10-21(20)24/h4-12H,13-14H2,1-3H3. The first-order valence-corrected chi connectivity index (χ1v) is 11.8. The maximum absolute atomic E-state index is 12.7. The number of nitrogens with zero attached hydrogens (tertiary/aromatic N) is 1. The van der Waals surface area contributed by atoms with Crippen molar-refractivity contribution in [2.24, 2.45) is 0 Å². The lowest BCUT2D eigenvalue weighted by atomic mass is 10.1. The van der Waals surface area contributed by atoms with E-state index in [0.717, 1.165) is 29.3 Å². The van der Waals surface area contributed by atoms with E-state index in [2.05, 4.69) is 0 Å². The topological polar surface area (TPSA) is 82.4 Å². The van der Waals surface area contributed by atoms with Crippen LogP contribution in [0.2, 0.25) is 5.02 Å². The van der Waals surface area contributed by atoms with E-state index in [1.165, 1.54) is 12.1 Å². The van der Waals surface area contributed by atoms with Crippen molar-refractivity contribution in [1.29, 1.82) is 0 Å². The molecule has 0 saturated heterocycles. The fourth-order valence-electron chi connectivity index (χ4n) is 3.27. The summed E-state index contributed by atoms with van der Waals surface area (Å²) in [6, 6.07) is 15.4. The molecule has 0 saturated carbocycles. The molecule has 0 fully saturated rings. The van der Waals surface area contributed by atoms with Gasteiger partial charge in [0.15, 0.2) is 16.4 Å². The van der Waals surface area contributed by atoms with Gasteiger partial charge in [0.25, 0.3) is 0 Å². The van der Waals surface area contributed by atoms with Gasteiger partial charge < -0.3 is 9.30 Å². The number of aryl methyl sites for hydroxylation is 1. The van der Waals surface area contributed by atoms with Crippen LogP contribution in [-0.2, 0) is 21.1 Å². The van der Waals surface area contributed by atoms with E-state index in [-0.39, 0.29) is 21.3 Å². The van der Waals surface area contributed by atoms with Crippen LogP contribution in [-0.4, -0.2) is 37.6 Å².